The molecule has 3 rings (SSSR count). The summed E-state index contributed by atoms with van der Waals surface area (Å²) in [7, 11) is 1.35. The molecule has 2 fully saturated rings. The number of amides is 1. The minimum absolute atomic E-state index is 0.0510. The van der Waals surface area contributed by atoms with E-state index in [1.54, 1.807) is 6.07 Å². The van der Waals surface area contributed by atoms with Gasteiger partial charge in [-0.2, -0.15) is 13.2 Å². The molecule has 0 bridgehead atoms. The van der Waals surface area contributed by atoms with E-state index in [0.29, 0.717) is 18.2 Å². The molecule has 1 aromatic rings. The summed E-state index contributed by atoms with van der Waals surface area (Å²) in [5.41, 5.74) is -0.0379. The fourth-order valence-electron chi connectivity index (χ4n) is 3.97. The fraction of sp³-hybridized carbons (Fsp3) is 0.611. The number of alkyl halides is 3. The van der Waals surface area contributed by atoms with Gasteiger partial charge in [0, 0.05) is 18.3 Å². The normalized spacial score (nSPS) is 25.5. The highest BCUT2D eigenvalue weighted by Crippen LogP contribution is 2.44. The molecule has 0 spiro atoms. The Morgan fingerprint density at radius 2 is 2.15 bits per heavy atom. The molecule has 5 nitrogen and oxygen atoms in total. The first kappa shape index (κ1) is 18.8. The van der Waals surface area contributed by atoms with E-state index in [1.165, 1.54) is 19.2 Å². The van der Waals surface area contributed by atoms with Crippen molar-refractivity contribution in [2.75, 3.05) is 32.1 Å². The van der Waals surface area contributed by atoms with E-state index in [2.05, 4.69) is 10.6 Å². The molecule has 2 atom stereocenters. The molecular weight excluding hydrogens is 349 g/mol. The van der Waals surface area contributed by atoms with Gasteiger partial charge in [0.2, 0.25) is 5.91 Å². The molecule has 2 aliphatic rings. The number of ether oxygens (including phenoxy) is 2. The van der Waals surface area contributed by atoms with Crippen molar-refractivity contribution in [3.05, 3.63) is 18.2 Å². The van der Waals surface area contributed by atoms with Crippen LogP contribution in [0.5, 0.6) is 11.5 Å². The van der Waals surface area contributed by atoms with Crippen LogP contribution in [0.25, 0.3) is 0 Å². The second kappa shape index (κ2) is 7.34. The molecule has 1 saturated heterocycles. The smallest absolute Gasteiger partial charge is 0.422 e. The molecule has 1 aromatic carbocycles. The van der Waals surface area contributed by atoms with E-state index in [0.717, 1.165) is 32.2 Å². The maximum atomic E-state index is 13.0. The minimum Gasteiger partial charge on any atom is -0.493 e. The number of hydrogen-bond donors (Lipinski definition) is 2. The third kappa shape index (κ3) is 3.90. The van der Waals surface area contributed by atoms with Crippen LogP contribution < -0.4 is 20.1 Å². The summed E-state index contributed by atoms with van der Waals surface area (Å²) in [6.45, 7) is 0.0454. The van der Waals surface area contributed by atoms with Gasteiger partial charge in [0.05, 0.1) is 12.5 Å². The summed E-state index contributed by atoms with van der Waals surface area (Å²) in [5.74, 6) is 0.350. The maximum absolute atomic E-state index is 13.0. The summed E-state index contributed by atoms with van der Waals surface area (Å²) in [6.07, 6.45) is -0.478. The lowest BCUT2D eigenvalue weighted by atomic mass is 9.67. The number of carbonyl (C=O) groups excluding carboxylic acids is 1. The molecule has 1 heterocycles. The van der Waals surface area contributed by atoms with Crippen molar-refractivity contribution in [1.82, 2.24) is 5.32 Å². The van der Waals surface area contributed by atoms with Crippen LogP contribution in [0.3, 0.4) is 0 Å². The van der Waals surface area contributed by atoms with Crippen molar-refractivity contribution in [1.29, 1.82) is 0 Å². The van der Waals surface area contributed by atoms with E-state index in [1.807, 2.05) is 0 Å². The standard InChI is InChI=1S/C18H23F3N2O3/c1-25-14-6-5-13(8-15(14)26-11-18(19,20)21)23-16(24)17-7-3-2-4-12(17)9-22-10-17/h5-6,8,12,22H,2-4,7,9-11H2,1H3,(H,23,24)/t12-,17+/m0/s1. The Hall–Kier alpha value is -1.96. The Balaban J connectivity index is 1.76. The number of anilines is 1. The first-order valence-corrected chi connectivity index (χ1v) is 8.74. The van der Waals surface area contributed by atoms with Crippen LogP contribution in [0.1, 0.15) is 25.7 Å². The Morgan fingerprint density at radius 1 is 1.35 bits per heavy atom. The number of hydrogen-bond acceptors (Lipinski definition) is 4. The Kier molecular flexibility index (Phi) is 5.32. The summed E-state index contributed by atoms with van der Waals surface area (Å²) >= 11 is 0. The maximum Gasteiger partial charge on any atom is 0.422 e. The molecule has 1 saturated carbocycles. The highest BCUT2D eigenvalue weighted by Gasteiger charge is 2.49. The van der Waals surface area contributed by atoms with Gasteiger partial charge in [0.15, 0.2) is 18.1 Å². The second-order valence-electron chi connectivity index (χ2n) is 6.95. The molecule has 144 valence electrons. The van der Waals surface area contributed by atoms with Crippen LogP contribution in [-0.2, 0) is 4.79 Å². The third-order valence-corrected chi connectivity index (χ3v) is 5.30. The zero-order valence-corrected chi connectivity index (χ0v) is 14.6. The second-order valence-corrected chi connectivity index (χ2v) is 6.95. The molecule has 0 aromatic heterocycles. The summed E-state index contributed by atoms with van der Waals surface area (Å²) in [5, 5.41) is 6.17. The van der Waals surface area contributed by atoms with Gasteiger partial charge in [-0.15, -0.1) is 0 Å². The number of carbonyl (C=O) groups is 1. The molecule has 2 N–H and O–H groups in total. The lowest BCUT2D eigenvalue weighted by Crippen LogP contribution is -2.44. The predicted octanol–water partition coefficient (Wildman–Crippen LogP) is 3.35. The van der Waals surface area contributed by atoms with Gasteiger partial charge in [-0.3, -0.25) is 4.79 Å². The van der Waals surface area contributed by atoms with Crippen LogP contribution >= 0.6 is 0 Å². The van der Waals surface area contributed by atoms with Gasteiger partial charge in [-0.1, -0.05) is 12.8 Å². The molecule has 8 heteroatoms. The first-order chi connectivity index (χ1) is 12.3. The van der Waals surface area contributed by atoms with Gasteiger partial charge in [0.1, 0.15) is 0 Å². The van der Waals surface area contributed by atoms with Crippen LogP contribution in [0.4, 0.5) is 18.9 Å². The highest BCUT2D eigenvalue weighted by molar-refractivity contribution is 5.96. The Morgan fingerprint density at radius 3 is 2.88 bits per heavy atom. The quantitative estimate of drug-likeness (QED) is 0.832. The molecule has 1 aliphatic heterocycles. The minimum atomic E-state index is -4.45. The molecule has 0 unspecified atom stereocenters. The van der Waals surface area contributed by atoms with Gasteiger partial charge in [0.25, 0.3) is 0 Å². The van der Waals surface area contributed by atoms with Gasteiger partial charge < -0.3 is 20.1 Å². The van der Waals surface area contributed by atoms with E-state index in [9.17, 15) is 18.0 Å². The molecule has 26 heavy (non-hydrogen) atoms. The Bertz CT molecular complexity index is 666. The zero-order chi connectivity index (χ0) is 18.8. The molecule has 1 aliphatic carbocycles. The number of fused-ring (bicyclic) bond motifs is 1. The summed E-state index contributed by atoms with van der Waals surface area (Å²) in [6, 6.07) is 4.47. The van der Waals surface area contributed by atoms with E-state index in [4.69, 9.17) is 9.47 Å². The number of halogens is 3. The van der Waals surface area contributed by atoms with Crippen molar-refractivity contribution in [3.63, 3.8) is 0 Å². The molecular formula is C18H23F3N2O3. The highest BCUT2D eigenvalue weighted by atomic mass is 19.4. The Labute approximate surface area is 150 Å². The van der Waals surface area contributed by atoms with Crippen molar-refractivity contribution in [2.45, 2.75) is 31.9 Å². The van der Waals surface area contributed by atoms with Crippen LogP contribution in [0.2, 0.25) is 0 Å². The van der Waals surface area contributed by atoms with Crippen molar-refractivity contribution < 1.29 is 27.4 Å². The number of benzene rings is 1. The van der Waals surface area contributed by atoms with Crippen LogP contribution in [-0.4, -0.2) is 38.9 Å². The number of nitrogens with one attached hydrogen (secondary N) is 2. The van der Waals surface area contributed by atoms with Gasteiger partial charge >= 0.3 is 6.18 Å². The molecule has 1 amide bonds. The third-order valence-electron chi connectivity index (χ3n) is 5.30. The average molecular weight is 372 g/mol. The van der Waals surface area contributed by atoms with E-state index in [-0.39, 0.29) is 17.4 Å². The number of rotatable bonds is 5. The fourth-order valence-corrected chi connectivity index (χ4v) is 3.97. The summed E-state index contributed by atoms with van der Waals surface area (Å²) < 4.78 is 47.2. The van der Waals surface area contributed by atoms with Crippen molar-refractivity contribution in [3.8, 4) is 11.5 Å². The van der Waals surface area contributed by atoms with Gasteiger partial charge in [-0.25, -0.2) is 0 Å². The van der Waals surface area contributed by atoms with Crippen molar-refractivity contribution >= 4 is 11.6 Å². The lowest BCUT2D eigenvalue weighted by molar-refractivity contribution is -0.153. The topological polar surface area (TPSA) is 59.6 Å². The average Bonchev–Trinajstić information content (AvgIpc) is 3.05. The van der Waals surface area contributed by atoms with E-state index < -0.39 is 18.2 Å². The summed E-state index contributed by atoms with van der Waals surface area (Å²) in [4.78, 5) is 13.0. The SMILES string of the molecule is COc1ccc(NC(=O)[C@@]23CCCC[C@H]2CNC3)cc1OCC(F)(F)F. The van der Waals surface area contributed by atoms with Crippen molar-refractivity contribution in [2.24, 2.45) is 11.3 Å². The van der Waals surface area contributed by atoms with Crippen LogP contribution in [0, 0.1) is 11.3 Å². The largest absolute Gasteiger partial charge is 0.493 e. The van der Waals surface area contributed by atoms with E-state index >= 15 is 0 Å². The van der Waals surface area contributed by atoms with Crippen LogP contribution in [0.15, 0.2) is 18.2 Å². The van der Waals surface area contributed by atoms with Gasteiger partial charge in [-0.05, 0) is 37.4 Å². The first-order valence-electron chi connectivity index (χ1n) is 8.74. The zero-order valence-electron chi connectivity index (χ0n) is 14.6. The number of methoxy groups -OCH3 is 1. The lowest BCUT2D eigenvalue weighted by Gasteiger charge is -2.37. The predicted molar refractivity (Wildman–Crippen MR) is 90.4 cm³/mol. The molecule has 0 radical (unpaired) electrons. The monoisotopic (exact) mass is 372 g/mol.